The first-order valence-electron chi connectivity index (χ1n) is 11.7. The van der Waals surface area contributed by atoms with Gasteiger partial charge in [-0.1, -0.05) is 60.7 Å². The first kappa shape index (κ1) is 22.7. The van der Waals surface area contributed by atoms with Crippen molar-refractivity contribution in [3.8, 4) is 11.1 Å². The van der Waals surface area contributed by atoms with E-state index in [4.69, 9.17) is 9.84 Å². The first-order chi connectivity index (χ1) is 17.0. The quantitative estimate of drug-likeness (QED) is 0.546. The molecule has 7 nitrogen and oxygen atoms in total. The molecule has 1 saturated heterocycles. The van der Waals surface area contributed by atoms with Crippen LogP contribution in [0.1, 0.15) is 33.0 Å². The van der Waals surface area contributed by atoms with E-state index < -0.39 is 18.0 Å². The molecule has 0 bridgehead atoms. The van der Waals surface area contributed by atoms with E-state index in [-0.39, 0.29) is 31.5 Å². The van der Waals surface area contributed by atoms with Crippen LogP contribution in [0.5, 0.6) is 0 Å². The lowest BCUT2D eigenvalue weighted by molar-refractivity contribution is -0.146. The summed E-state index contributed by atoms with van der Waals surface area (Å²) in [5, 5.41) is 11.8. The molecule has 5 rings (SSSR count). The number of ether oxygens (including phenoxy) is 1. The minimum atomic E-state index is -0.867. The van der Waals surface area contributed by atoms with Crippen LogP contribution in [0.15, 0.2) is 72.8 Å². The van der Waals surface area contributed by atoms with E-state index in [1.165, 1.54) is 27.2 Å². The van der Waals surface area contributed by atoms with E-state index in [0.29, 0.717) is 18.5 Å². The zero-order valence-electron chi connectivity index (χ0n) is 19.1. The monoisotopic (exact) mass is 470 g/mol. The van der Waals surface area contributed by atoms with E-state index in [1.807, 2.05) is 36.4 Å². The van der Waals surface area contributed by atoms with Crippen LogP contribution in [0.25, 0.3) is 11.1 Å². The largest absolute Gasteiger partial charge is 0.481 e. The van der Waals surface area contributed by atoms with Crippen molar-refractivity contribution in [3.05, 3.63) is 95.1 Å². The second-order valence-corrected chi connectivity index (χ2v) is 8.94. The fraction of sp³-hybridized carbons (Fsp3) is 0.250. The Morgan fingerprint density at radius 1 is 0.886 bits per heavy atom. The Morgan fingerprint density at radius 3 is 2.09 bits per heavy atom. The molecule has 2 N–H and O–H groups in total. The summed E-state index contributed by atoms with van der Waals surface area (Å²) in [4.78, 5) is 37.2. The molecule has 0 aromatic heterocycles. The number of benzene rings is 3. The highest BCUT2D eigenvalue weighted by molar-refractivity contribution is 5.95. The summed E-state index contributed by atoms with van der Waals surface area (Å²) in [5.41, 5.74) is 6.24. The number of likely N-dealkylation sites (tertiary alicyclic amines) is 1. The summed E-state index contributed by atoms with van der Waals surface area (Å²) >= 11 is 0. The molecule has 1 heterocycles. The number of carbonyl (C=O) groups is 3. The molecule has 35 heavy (non-hydrogen) atoms. The lowest BCUT2D eigenvalue weighted by Crippen LogP contribution is -2.53. The zero-order valence-corrected chi connectivity index (χ0v) is 19.1. The van der Waals surface area contributed by atoms with Crippen LogP contribution < -0.4 is 5.32 Å². The van der Waals surface area contributed by atoms with Crippen molar-refractivity contribution >= 4 is 18.0 Å². The molecular formula is C28H26N2O5. The van der Waals surface area contributed by atoms with E-state index in [2.05, 4.69) is 29.6 Å². The number of hydrogen-bond acceptors (Lipinski definition) is 4. The second kappa shape index (κ2) is 9.62. The Labute approximate surface area is 203 Å². The fourth-order valence-corrected chi connectivity index (χ4v) is 4.76. The van der Waals surface area contributed by atoms with Gasteiger partial charge < -0.3 is 20.1 Å². The van der Waals surface area contributed by atoms with Crippen LogP contribution in [-0.2, 0) is 16.0 Å². The van der Waals surface area contributed by atoms with E-state index in [1.54, 1.807) is 12.1 Å². The van der Waals surface area contributed by atoms with Gasteiger partial charge in [-0.3, -0.25) is 9.59 Å². The normalized spacial score (nSPS) is 14.6. The van der Waals surface area contributed by atoms with Gasteiger partial charge in [0.05, 0.1) is 5.92 Å². The van der Waals surface area contributed by atoms with Gasteiger partial charge in [-0.05, 0) is 46.4 Å². The number of nitrogens with one attached hydrogen (secondary N) is 1. The Balaban J connectivity index is 1.09. The molecule has 2 aliphatic rings. The summed E-state index contributed by atoms with van der Waals surface area (Å²) in [7, 11) is 0. The predicted molar refractivity (Wildman–Crippen MR) is 130 cm³/mol. The second-order valence-electron chi connectivity index (χ2n) is 8.94. The Morgan fingerprint density at radius 2 is 1.49 bits per heavy atom. The first-order valence-corrected chi connectivity index (χ1v) is 11.7. The molecule has 2 amide bonds. The highest BCUT2D eigenvalue weighted by Gasteiger charge is 2.35. The van der Waals surface area contributed by atoms with Crippen molar-refractivity contribution in [1.82, 2.24) is 10.2 Å². The van der Waals surface area contributed by atoms with Gasteiger partial charge >= 0.3 is 12.1 Å². The number of alkyl carbamates (subject to hydrolysis) is 1. The number of fused-ring (bicyclic) bond motifs is 3. The number of carbonyl (C=O) groups excluding carboxylic acids is 2. The average Bonchev–Trinajstić information content (AvgIpc) is 3.16. The molecule has 1 aliphatic carbocycles. The summed E-state index contributed by atoms with van der Waals surface area (Å²) in [6.45, 7) is 1.19. The molecule has 1 aliphatic heterocycles. The van der Waals surface area contributed by atoms with Gasteiger partial charge in [0.25, 0.3) is 5.91 Å². The Hall–Kier alpha value is -4.13. The van der Waals surface area contributed by atoms with Crippen molar-refractivity contribution in [2.75, 3.05) is 26.2 Å². The molecule has 0 saturated carbocycles. The van der Waals surface area contributed by atoms with E-state index in [9.17, 15) is 14.4 Å². The molecule has 0 unspecified atom stereocenters. The van der Waals surface area contributed by atoms with Crippen molar-refractivity contribution in [1.29, 1.82) is 0 Å². The van der Waals surface area contributed by atoms with Gasteiger partial charge in [0.1, 0.15) is 6.61 Å². The van der Waals surface area contributed by atoms with Gasteiger partial charge in [-0.25, -0.2) is 4.79 Å². The number of nitrogens with zero attached hydrogens (tertiary/aromatic N) is 1. The maximum Gasteiger partial charge on any atom is 0.407 e. The molecule has 0 radical (unpaired) electrons. The SMILES string of the molecule is O=C(NCCc1ccc(C(=O)N2CC(C(=O)O)C2)cc1)OCC1c2ccccc2-c2ccccc21. The third-order valence-electron chi connectivity index (χ3n) is 6.75. The molecule has 178 valence electrons. The molecular weight excluding hydrogens is 444 g/mol. The summed E-state index contributed by atoms with van der Waals surface area (Å²) in [6, 6.07) is 23.6. The summed E-state index contributed by atoms with van der Waals surface area (Å²) < 4.78 is 5.56. The van der Waals surface area contributed by atoms with Gasteiger partial charge in [0.15, 0.2) is 0 Å². The van der Waals surface area contributed by atoms with Crippen LogP contribution in [0.2, 0.25) is 0 Å². The molecule has 0 spiro atoms. The van der Waals surface area contributed by atoms with Crippen LogP contribution in [0.3, 0.4) is 0 Å². The Bertz CT molecular complexity index is 1220. The van der Waals surface area contributed by atoms with Crippen LogP contribution in [-0.4, -0.2) is 54.2 Å². The molecule has 1 fully saturated rings. The lowest BCUT2D eigenvalue weighted by Gasteiger charge is -2.36. The Kier molecular flexibility index (Phi) is 6.23. The summed E-state index contributed by atoms with van der Waals surface area (Å²) in [6.07, 6.45) is 0.146. The molecule has 3 aromatic rings. The van der Waals surface area contributed by atoms with Crippen molar-refractivity contribution in [2.24, 2.45) is 5.92 Å². The maximum absolute atomic E-state index is 12.4. The number of aliphatic carboxylic acids is 1. The van der Waals surface area contributed by atoms with Gasteiger partial charge in [-0.2, -0.15) is 0 Å². The topological polar surface area (TPSA) is 95.9 Å². The smallest absolute Gasteiger partial charge is 0.407 e. The minimum absolute atomic E-state index is 0.0235. The highest BCUT2D eigenvalue weighted by Crippen LogP contribution is 2.44. The zero-order chi connectivity index (χ0) is 24.4. The number of hydrogen-bond donors (Lipinski definition) is 2. The molecule has 0 atom stereocenters. The van der Waals surface area contributed by atoms with Crippen LogP contribution in [0, 0.1) is 5.92 Å². The predicted octanol–water partition coefficient (Wildman–Crippen LogP) is 3.92. The minimum Gasteiger partial charge on any atom is -0.481 e. The van der Waals surface area contributed by atoms with Gasteiger partial charge in [0.2, 0.25) is 0 Å². The van der Waals surface area contributed by atoms with Gasteiger partial charge in [-0.15, -0.1) is 0 Å². The van der Waals surface area contributed by atoms with Crippen LogP contribution in [0.4, 0.5) is 4.79 Å². The van der Waals surface area contributed by atoms with E-state index >= 15 is 0 Å². The van der Waals surface area contributed by atoms with Crippen molar-refractivity contribution < 1.29 is 24.2 Å². The fourth-order valence-electron chi connectivity index (χ4n) is 4.76. The number of rotatable bonds is 7. The lowest BCUT2D eigenvalue weighted by atomic mass is 9.98. The average molecular weight is 471 g/mol. The number of amides is 2. The number of carboxylic acid groups (broad SMARTS) is 1. The molecule has 3 aromatic carbocycles. The summed E-state index contributed by atoms with van der Waals surface area (Å²) in [5.74, 6) is -1.48. The van der Waals surface area contributed by atoms with E-state index in [0.717, 1.165) is 5.56 Å². The highest BCUT2D eigenvalue weighted by atomic mass is 16.5. The third-order valence-corrected chi connectivity index (χ3v) is 6.75. The number of carboxylic acids is 1. The van der Waals surface area contributed by atoms with Crippen LogP contribution >= 0.6 is 0 Å². The molecule has 7 heteroatoms. The van der Waals surface area contributed by atoms with Gasteiger partial charge in [0, 0.05) is 31.1 Å². The maximum atomic E-state index is 12.4. The standard InChI is InChI=1S/C28H26N2O5/c31-26(30-15-20(16-30)27(32)33)19-11-9-18(10-12-19)13-14-29-28(34)35-17-25-23-7-3-1-5-21(23)22-6-2-4-8-24(22)25/h1-12,20,25H,13-17H2,(H,29,34)(H,32,33). The third kappa shape index (κ3) is 4.62. The van der Waals surface area contributed by atoms with Crippen molar-refractivity contribution in [3.63, 3.8) is 0 Å². The van der Waals surface area contributed by atoms with Crippen molar-refractivity contribution in [2.45, 2.75) is 12.3 Å².